The zero-order chi connectivity index (χ0) is 37.9. The lowest BCUT2D eigenvalue weighted by atomic mass is 9.99. The molecule has 9 nitrogen and oxygen atoms in total. The van der Waals surface area contributed by atoms with Crippen LogP contribution in [0.25, 0.3) is 0 Å². The Labute approximate surface area is 317 Å². The maximum atomic E-state index is 12.7. The molecule has 1 heterocycles. The molecule has 1 fully saturated rings. The first kappa shape index (κ1) is 48.4. The van der Waals surface area contributed by atoms with Gasteiger partial charge in [0.15, 0.2) is 6.29 Å². The van der Waals surface area contributed by atoms with Crippen LogP contribution in [0, 0.1) is 0 Å². The van der Waals surface area contributed by atoms with Gasteiger partial charge in [-0.15, -0.1) is 0 Å². The van der Waals surface area contributed by atoms with Crippen LogP contribution in [0.4, 0.5) is 0 Å². The smallest absolute Gasteiger partial charge is 0.306 e. The summed E-state index contributed by atoms with van der Waals surface area (Å²) in [5, 5.41) is 39.9. The van der Waals surface area contributed by atoms with Crippen LogP contribution in [-0.2, 0) is 23.7 Å². The molecular formula is C43H78O9. The third-order valence-corrected chi connectivity index (χ3v) is 9.56. The van der Waals surface area contributed by atoms with E-state index in [2.05, 4.69) is 50.3 Å². The van der Waals surface area contributed by atoms with Crippen LogP contribution >= 0.6 is 0 Å². The van der Waals surface area contributed by atoms with E-state index in [1.54, 1.807) is 0 Å². The van der Waals surface area contributed by atoms with E-state index in [0.717, 1.165) is 57.8 Å². The molecule has 0 spiro atoms. The van der Waals surface area contributed by atoms with E-state index < -0.39 is 43.4 Å². The molecule has 0 aromatic rings. The highest BCUT2D eigenvalue weighted by molar-refractivity contribution is 5.69. The van der Waals surface area contributed by atoms with Gasteiger partial charge in [-0.3, -0.25) is 4.79 Å². The lowest BCUT2D eigenvalue weighted by Crippen LogP contribution is -2.59. The first-order chi connectivity index (χ1) is 25.4. The van der Waals surface area contributed by atoms with Crippen molar-refractivity contribution in [1.82, 2.24) is 0 Å². The summed E-state index contributed by atoms with van der Waals surface area (Å²) in [4.78, 5) is 12.7. The molecule has 0 bridgehead atoms. The van der Waals surface area contributed by atoms with E-state index in [-0.39, 0.29) is 19.2 Å². The van der Waals surface area contributed by atoms with Crippen molar-refractivity contribution in [3.8, 4) is 0 Å². The Bertz CT molecular complexity index is 890. The van der Waals surface area contributed by atoms with Crippen LogP contribution in [0.2, 0.25) is 0 Å². The highest BCUT2D eigenvalue weighted by Crippen LogP contribution is 2.22. The van der Waals surface area contributed by atoms with E-state index in [1.807, 2.05) is 0 Å². The van der Waals surface area contributed by atoms with Crippen LogP contribution in [0.5, 0.6) is 0 Å². The lowest BCUT2D eigenvalue weighted by molar-refractivity contribution is -0.305. The van der Waals surface area contributed by atoms with Gasteiger partial charge in [0.1, 0.15) is 30.5 Å². The third-order valence-electron chi connectivity index (χ3n) is 9.56. The number of carbonyl (C=O) groups is 1. The normalized spacial score (nSPS) is 21.5. The molecule has 0 aromatic heterocycles. The minimum atomic E-state index is -1.54. The molecule has 0 radical (unpaired) electrons. The minimum Gasteiger partial charge on any atom is -0.457 e. The Kier molecular flexibility index (Phi) is 32.7. The summed E-state index contributed by atoms with van der Waals surface area (Å²) in [5.41, 5.74) is 0. The summed E-state index contributed by atoms with van der Waals surface area (Å²) in [5.74, 6) is -0.328. The number of ether oxygens (including phenoxy) is 4. The summed E-state index contributed by atoms with van der Waals surface area (Å²) in [7, 11) is 0. The zero-order valence-electron chi connectivity index (χ0n) is 33.1. The van der Waals surface area contributed by atoms with Gasteiger partial charge >= 0.3 is 5.97 Å². The van der Waals surface area contributed by atoms with Crippen LogP contribution in [0.15, 0.2) is 36.5 Å². The molecule has 1 aliphatic rings. The van der Waals surface area contributed by atoms with E-state index in [9.17, 15) is 25.2 Å². The minimum absolute atomic E-state index is 0.118. The summed E-state index contributed by atoms with van der Waals surface area (Å²) >= 11 is 0. The molecule has 52 heavy (non-hydrogen) atoms. The molecule has 1 saturated heterocycles. The number of allylic oxidation sites excluding steroid dienone is 6. The Morgan fingerprint density at radius 1 is 0.615 bits per heavy atom. The molecule has 0 amide bonds. The number of aliphatic hydroxyl groups excluding tert-OH is 4. The molecule has 304 valence electrons. The number of carbonyl (C=O) groups excluding carboxylic acids is 1. The number of esters is 1. The van der Waals surface area contributed by atoms with Crippen molar-refractivity contribution in [1.29, 1.82) is 0 Å². The number of aliphatic hydroxyl groups is 4. The van der Waals surface area contributed by atoms with Crippen molar-refractivity contribution in [3.05, 3.63) is 36.5 Å². The maximum Gasteiger partial charge on any atom is 0.306 e. The average molecular weight is 739 g/mol. The molecule has 4 N–H and O–H groups in total. The zero-order valence-corrected chi connectivity index (χ0v) is 33.1. The fourth-order valence-corrected chi connectivity index (χ4v) is 6.20. The molecule has 6 unspecified atom stereocenters. The van der Waals surface area contributed by atoms with E-state index in [1.165, 1.54) is 89.9 Å². The van der Waals surface area contributed by atoms with E-state index in [4.69, 9.17) is 18.9 Å². The molecule has 1 aliphatic heterocycles. The van der Waals surface area contributed by atoms with Gasteiger partial charge in [0.05, 0.1) is 19.8 Å². The summed E-state index contributed by atoms with van der Waals surface area (Å²) in [6.07, 6.45) is 33.2. The topological polar surface area (TPSA) is 135 Å². The number of hydrogen-bond donors (Lipinski definition) is 4. The first-order valence-electron chi connectivity index (χ1n) is 21.1. The first-order valence-corrected chi connectivity index (χ1v) is 21.1. The largest absolute Gasteiger partial charge is 0.457 e. The fourth-order valence-electron chi connectivity index (χ4n) is 6.20. The van der Waals surface area contributed by atoms with Crippen molar-refractivity contribution >= 4 is 5.97 Å². The highest BCUT2D eigenvalue weighted by Gasteiger charge is 2.44. The van der Waals surface area contributed by atoms with Gasteiger partial charge in [0, 0.05) is 13.0 Å². The molecular weight excluding hydrogens is 660 g/mol. The fraction of sp³-hybridized carbons (Fsp3) is 0.837. The van der Waals surface area contributed by atoms with Crippen LogP contribution < -0.4 is 0 Å². The number of unbranched alkanes of at least 4 members (excludes halogenated alkanes) is 18. The maximum absolute atomic E-state index is 12.7. The quantitative estimate of drug-likeness (QED) is 0.0286. The van der Waals surface area contributed by atoms with Gasteiger partial charge in [-0.05, 0) is 51.4 Å². The second-order valence-corrected chi connectivity index (χ2v) is 14.4. The molecule has 1 rings (SSSR count). The Morgan fingerprint density at radius 2 is 1.12 bits per heavy atom. The van der Waals surface area contributed by atoms with Crippen molar-refractivity contribution in [2.24, 2.45) is 0 Å². The monoisotopic (exact) mass is 739 g/mol. The molecule has 6 atom stereocenters. The predicted molar refractivity (Wildman–Crippen MR) is 210 cm³/mol. The lowest BCUT2D eigenvalue weighted by Gasteiger charge is -2.39. The van der Waals surface area contributed by atoms with Crippen molar-refractivity contribution < 1.29 is 44.2 Å². The molecule has 0 saturated carbocycles. The Balaban J connectivity index is 2.24. The second kappa shape index (κ2) is 35.1. The van der Waals surface area contributed by atoms with Gasteiger partial charge < -0.3 is 39.4 Å². The van der Waals surface area contributed by atoms with Crippen LogP contribution in [-0.4, -0.2) is 89.6 Å². The van der Waals surface area contributed by atoms with E-state index in [0.29, 0.717) is 13.0 Å². The Morgan fingerprint density at radius 3 is 1.67 bits per heavy atom. The van der Waals surface area contributed by atoms with Crippen molar-refractivity contribution in [3.63, 3.8) is 0 Å². The highest BCUT2D eigenvalue weighted by atomic mass is 16.7. The van der Waals surface area contributed by atoms with Gasteiger partial charge in [0.2, 0.25) is 0 Å². The standard InChI is InChI=1S/C43H78O9/c1-3-5-7-9-11-13-14-15-16-17-18-19-20-21-22-23-24-25-26-28-30-32-39(45)51-37(35-49-33-31-29-27-12-10-8-6-4-2)36-50-43-42(48)41(47)40(46)38(34-44)52-43/h14-15,17-18,20-21,37-38,40-44,46-48H,3-13,16,19,22-36H2,1-2H3/b15-14-,18-17-,21-20-. The predicted octanol–water partition coefficient (Wildman–Crippen LogP) is 8.80. The van der Waals surface area contributed by atoms with Gasteiger partial charge in [-0.2, -0.15) is 0 Å². The Hall–Kier alpha value is -1.59. The number of rotatable bonds is 35. The molecule has 9 heteroatoms. The second-order valence-electron chi connectivity index (χ2n) is 14.4. The molecule has 0 aromatic carbocycles. The summed E-state index contributed by atoms with van der Waals surface area (Å²) < 4.78 is 22.7. The van der Waals surface area contributed by atoms with Crippen molar-refractivity contribution in [2.45, 2.75) is 205 Å². The summed E-state index contributed by atoms with van der Waals surface area (Å²) in [6.45, 7) is 4.50. The molecule has 0 aliphatic carbocycles. The average Bonchev–Trinajstić information content (AvgIpc) is 3.14. The van der Waals surface area contributed by atoms with Gasteiger partial charge in [-0.1, -0.05) is 147 Å². The van der Waals surface area contributed by atoms with Gasteiger partial charge in [-0.25, -0.2) is 0 Å². The van der Waals surface area contributed by atoms with Crippen LogP contribution in [0.1, 0.15) is 168 Å². The van der Waals surface area contributed by atoms with Gasteiger partial charge in [0.25, 0.3) is 0 Å². The van der Waals surface area contributed by atoms with E-state index >= 15 is 0 Å². The number of hydrogen-bond acceptors (Lipinski definition) is 9. The SMILES string of the molecule is CCCCCCC/C=C\C/C=C\C/C=C\CCCCCCCCC(=O)OC(COCCCCCCCCCC)COC1OC(CO)C(O)C(O)C1O. The third kappa shape index (κ3) is 26.2. The summed E-state index contributed by atoms with van der Waals surface area (Å²) in [6, 6.07) is 0. The van der Waals surface area contributed by atoms with Crippen molar-refractivity contribution in [2.75, 3.05) is 26.4 Å². The van der Waals surface area contributed by atoms with Crippen LogP contribution in [0.3, 0.4) is 0 Å².